The van der Waals surface area contributed by atoms with Gasteiger partial charge in [-0.15, -0.1) is 0 Å². The maximum atomic E-state index is 13.2. The zero-order chi connectivity index (χ0) is 22.7. The highest BCUT2D eigenvalue weighted by Crippen LogP contribution is 2.33. The number of hydrogen-bond acceptors (Lipinski definition) is 3. The molecule has 0 aliphatic rings. The lowest BCUT2D eigenvalue weighted by Crippen LogP contribution is -2.15. The van der Waals surface area contributed by atoms with E-state index in [1.165, 1.54) is 24.3 Å². The van der Waals surface area contributed by atoms with Crippen molar-refractivity contribution in [3.63, 3.8) is 0 Å². The zero-order valence-electron chi connectivity index (χ0n) is 16.5. The van der Waals surface area contributed by atoms with Crippen LogP contribution in [-0.2, 0) is 6.42 Å². The topological polar surface area (TPSA) is 70.7 Å². The summed E-state index contributed by atoms with van der Waals surface area (Å²) in [5, 5.41) is 17.7. The lowest BCUT2D eigenvalue weighted by Gasteiger charge is -2.10. The van der Waals surface area contributed by atoms with Crippen LogP contribution < -0.4 is 5.32 Å². The molecule has 0 radical (unpaired) electrons. The van der Waals surface area contributed by atoms with Crippen molar-refractivity contribution in [2.75, 3.05) is 5.32 Å². The van der Waals surface area contributed by atoms with Gasteiger partial charge in [-0.1, -0.05) is 47.5 Å². The number of benzene rings is 3. The van der Waals surface area contributed by atoms with E-state index >= 15 is 0 Å². The molecule has 5 nitrogen and oxygen atoms in total. The SMILES string of the molecule is N#CCc1c(C(=O)Nc2ccc(F)cc2)nn(-c2ccccc2Cl)c1-c1ccc(Cl)cc1. The molecular weight excluding hydrogens is 450 g/mol. The predicted molar refractivity (Wildman–Crippen MR) is 123 cm³/mol. The Morgan fingerprint density at radius 3 is 2.38 bits per heavy atom. The zero-order valence-corrected chi connectivity index (χ0v) is 18.0. The maximum Gasteiger partial charge on any atom is 0.276 e. The van der Waals surface area contributed by atoms with Crippen molar-refractivity contribution in [3.05, 3.63) is 99.9 Å². The normalized spacial score (nSPS) is 10.6. The Balaban J connectivity index is 1.90. The first-order valence-corrected chi connectivity index (χ1v) is 10.3. The summed E-state index contributed by atoms with van der Waals surface area (Å²) in [6.45, 7) is 0. The molecule has 1 aromatic heterocycles. The average Bonchev–Trinajstić information content (AvgIpc) is 3.15. The van der Waals surface area contributed by atoms with Gasteiger partial charge in [0.15, 0.2) is 5.69 Å². The van der Waals surface area contributed by atoms with Crippen molar-refractivity contribution >= 4 is 34.8 Å². The summed E-state index contributed by atoms with van der Waals surface area (Å²) in [6, 6.07) is 21.6. The molecule has 1 N–H and O–H groups in total. The molecule has 0 aliphatic carbocycles. The van der Waals surface area contributed by atoms with E-state index in [1.54, 1.807) is 53.2 Å². The Bertz CT molecular complexity index is 1330. The van der Waals surface area contributed by atoms with Crippen LogP contribution in [0.15, 0.2) is 72.8 Å². The molecule has 0 fully saturated rings. The van der Waals surface area contributed by atoms with Crippen molar-refractivity contribution in [1.29, 1.82) is 5.26 Å². The van der Waals surface area contributed by atoms with Crippen molar-refractivity contribution in [3.8, 4) is 23.0 Å². The largest absolute Gasteiger partial charge is 0.321 e. The number of carbonyl (C=O) groups is 1. The molecule has 0 unspecified atom stereocenters. The minimum atomic E-state index is -0.525. The Kier molecular flexibility index (Phi) is 6.22. The molecule has 0 saturated carbocycles. The quantitative estimate of drug-likeness (QED) is 0.376. The molecule has 0 aliphatic heterocycles. The molecule has 32 heavy (non-hydrogen) atoms. The van der Waals surface area contributed by atoms with Crippen LogP contribution >= 0.6 is 23.2 Å². The highest BCUT2D eigenvalue weighted by Gasteiger charge is 2.25. The first-order valence-electron chi connectivity index (χ1n) is 9.54. The van der Waals surface area contributed by atoms with Crippen molar-refractivity contribution in [2.45, 2.75) is 6.42 Å². The first kappa shape index (κ1) is 21.6. The number of anilines is 1. The van der Waals surface area contributed by atoms with E-state index in [4.69, 9.17) is 23.2 Å². The van der Waals surface area contributed by atoms with Crippen molar-refractivity contribution in [1.82, 2.24) is 9.78 Å². The Hall–Kier alpha value is -3.66. The van der Waals surface area contributed by atoms with E-state index < -0.39 is 11.7 Å². The smallest absolute Gasteiger partial charge is 0.276 e. The third-order valence-electron chi connectivity index (χ3n) is 4.75. The number of nitrogens with zero attached hydrogens (tertiary/aromatic N) is 3. The second-order valence-corrected chi connectivity index (χ2v) is 7.69. The number of para-hydroxylation sites is 1. The number of hydrogen-bond donors (Lipinski definition) is 1. The molecule has 1 heterocycles. The summed E-state index contributed by atoms with van der Waals surface area (Å²) < 4.78 is 14.8. The van der Waals surface area contributed by atoms with Gasteiger partial charge in [-0.2, -0.15) is 10.4 Å². The molecule has 0 spiro atoms. The van der Waals surface area contributed by atoms with Crippen LogP contribution in [0, 0.1) is 17.1 Å². The summed E-state index contributed by atoms with van der Waals surface area (Å²) in [4.78, 5) is 13.1. The third kappa shape index (κ3) is 4.35. The number of amides is 1. The van der Waals surface area contributed by atoms with Gasteiger partial charge in [0, 0.05) is 21.8 Å². The highest BCUT2D eigenvalue weighted by atomic mass is 35.5. The Morgan fingerprint density at radius 1 is 1.03 bits per heavy atom. The fraction of sp³-hybridized carbons (Fsp3) is 0.0417. The van der Waals surface area contributed by atoms with Crippen LogP contribution in [0.3, 0.4) is 0 Å². The van der Waals surface area contributed by atoms with Crippen LogP contribution in [0.25, 0.3) is 16.9 Å². The molecule has 0 atom stereocenters. The number of halogens is 3. The van der Waals surface area contributed by atoms with Crippen LogP contribution in [0.5, 0.6) is 0 Å². The molecule has 4 rings (SSSR count). The summed E-state index contributed by atoms with van der Waals surface area (Å²) in [5.41, 5.74) is 2.74. The van der Waals surface area contributed by atoms with E-state index in [-0.39, 0.29) is 12.1 Å². The van der Waals surface area contributed by atoms with Gasteiger partial charge in [0.05, 0.1) is 28.9 Å². The van der Waals surface area contributed by atoms with Gasteiger partial charge in [0.1, 0.15) is 5.82 Å². The summed E-state index contributed by atoms with van der Waals surface area (Å²) in [6.07, 6.45) is -0.0609. The van der Waals surface area contributed by atoms with E-state index in [2.05, 4.69) is 16.5 Å². The minimum absolute atomic E-state index is 0.0609. The van der Waals surface area contributed by atoms with Gasteiger partial charge in [-0.05, 0) is 48.5 Å². The lowest BCUT2D eigenvalue weighted by molar-refractivity contribution is 0.102. The molecular formula is C24H15Cl2FN4O. The van der Waals surface area contributed by atoms with Crippen molar-refractivity contribution in [2.24, 2.45) is 0 Å². The fourth-order valence-electron chi connectivity index (χ4n) is 3.30. The third-order valence-corrected chi connectivity index (χ3v) is 5.33. The van der Waals surface area contributed by atoms with Crippen LogP contribution in [0.2, 0.25) is 10.0 Å². The van der Waals surface area contributed by atoms with Gasteiger partial charge in [-0.25, -0.2) is 9.07 Å². The summed E-state index contributed by atoms with van der Waals surface area (Å²) >= 11 is 12.5. The highest BCUT2D eigenvalue weighted by molar-refractivity contribution is 6.32. The van der Waals surface area contributed by atoms with Crippen LogP contribution in [-0.4, -0.2) is 15.7 Å². The second kappa shape index (κ2) is 9.23. The summed E-state index contributed by atoms with van der Waals surface area (Å²) in [5.74, 6) is -0.941. The Labute approximate surface area is 193 Å². The molecule has 158 valence electrons. The van der Waals surface area contributed by atoms with E-state index in [0.29, 0.717) is 38.2 Å². The number of nitrogens with one attached hydrogen (secondary N) is 1. The monoisotopic (exact) mass is 464 g/mol. The number of aromatic nitrogens is 2. The van der Waals surface area contributed by atoms with Crippen LogP contribution in [0.4, 0.5) is 10.1 Å². The lowest BCUT2D eigenvalue weighted by atomic mass is 10.0. The minimum Gasteiger partial charge on any atom is -0.321 e. The van der Waals surface area contributed by atoms with Gasteiger partial charge >= 0.3 is 0 Å². The average molecular weight is 465 g/mol. The summed E-state index contributed by atoms with van der Waals surface area (Å²) in [7, 11) is 0. The Morgan fingerprint density at radius 2 is 1.72 bits per heavy atom. The molecule has 3 aromatic carbocycles. The number of rotatable bonds is 5. The van der Waals surface area contributed by atoms with Gasteiger partial charge in [-0.3, -0.25) is 4.79 Å². The predicted octanol–water partition coefficient (Wildman–Crippen LogP) is 6.30. The fourth-order valence-corrected chi connectivity index (χ4v) is 3.65. The molecule has 0 saturated heterocycles. The second-order valence-electron chi connectivity index (χ2n) is 6.84. The van der Waals surface area contributed by atoms with E-state index in [0.717, 1.165) is 0 Å². The van der Waals surface area contributed by atoms with E-state index in [9.17, 15) is 14.4 Å². The van der Waals surface area contributed by atoms with Crippen LogP contribution in [0.1, 0.15) is 16.1 Å². The first-order chi connectivity index (χ1) is 15.5. The van der Waals surface area contributed by atoms with E-state index in [1.807, 2.05) is 0 Å². The van der Waals surface area contributed by atoms with Gasteiger partial charge < -0.3 is 5.32 Å². The molecule has 0 bridgehead atoms. The van der Waals surface area contributed by atoms with Gasteiger partial charge in [0.25, 0.3) is 5.91 Å². The van der Waals surface area contributed by atoms with Gasteiger partial charge in [0.2, 0.25) is 0 Å². The molecule has 4 aromatic rings. The standard InChI is InChI=1S/C24H15Cl2FN4O/c25-16-7-5-15(6-8-16)23-19(13-14-28)22(24(32)29-18-11-9-17(27)10-12-18)30-31(23)21-4-2-1-3-20(21)26/h1-12H,13H2,(H,29,32). The molecule has 1 amide bonds. The molecule has 8 heteroatoms. The number of carbonyl (C=O) groups excluding carboxylic acids is 1. The van der Waals surface area contributed by atoms with Crippen molar-refractivity contribution < 1.29 is 9.18 Å². The maximum absolute atomic E-state index is 13.2. The number of nitriles is 1.